The van der Waals surface area contributed by atoms with Crippen LogP contribution in [0.15, 0.2) is 24.4 Å². The zero-order valence-electron chi connectivity index (χ0n) is 7.68. The Bertz CT molecular complexity index is 520. The van der Waals surface area contributed by atoms with Crippen molar-refractivity contribution >= 4 is 5.52 Å². The van der Waals surface area contributed by atoms with Crippen LogP contribution in [-0.4, -0.2) is 31.2 Å². The standard InChI is InChI=1S/C8H6F3N3O2/c9-8(10,11)7(15,16)6-3-1-2-5-4-12-13-14(5)6/h1-4,15-16H. The molecule has 2 heterocycles. The fourth-order valence-electron chi connectivity index (χ4n) is 1.26. The van der Waals surface area contributed by atoms with E-state index in [1.807, 2.05) is 0 Å². The molecule has 0 atom stereocenters. The highest BCUT2D eigenvalue weighted by Gasteiger charge is 2.56. The van der Waals surface area contributed by atoms with Crippen LogP contribution in [0.5, 0.6) is 0 Å². The molecule has 0 aromatic carbocycles. The van der Waals surface area contributed by atoms with E-state index >= 15 is 0 Å². The van der Waals surface area contributed by atoms with E-state index in [-0.39, 0.29) is 5.52 Å². The van der Waals surface area contributed by atoms with E-state index < -0.39 is 17.7 Å². The molecular weight excluding hydrogens is 227 g/mol. The Morgan fingerprint density at radius 2 is 1.88 bits per heavy atom. The van der Waals surface area contributed by atoms with Crippen molar-refractivity contribution in [3.8, 4) is 0 Å². The summed E-state index contributed by atoms with van der Waals surface area (Å²) in [5.41, 5.74) is -0.579. The largest absolute Gasteiger partial charge is 0.449 e. The van der Waals surface area contributed by atoms with Crippen LogP contribution in [0, 0.1) is 0 Å². The minimum atomic E-state index is -5.22. The predicted molar refractivity (Wildman–Crippen MR) is 45.2 cm³/mol. The van der Waals surface area contributed by atoms with Crippen molar-refractivity contribution in [2.75, 3.05) is 0 Å². The van der Waals surface area contributed by atoms with Crippen LogP contribution < -0.4 is 0 Å². The van der Waals surface area contributed by atoms with Gasteiger partial charge in [-0.25, -0.2) is 4.52 Å². The third-order valence-electron chi connectivity index (χ3n) is 2.08. The summed E-state index contributed by atoms with van der Waals surface area (Å²) in [5, 5.41) is 24.9. The molecule has 0 amide bonds. The number of aromatic nitrogens is 3. The fourth-order valence-corrected chi connectivity index (χ4v) is 1.26. The molecule has 86 valence electrons. The van der Waals surface area contributed by atoms with Gasteiger partial charge in [0.2, 0.25) is 0 Å². The zero-order chi connectivity index (χ0) is 12.0. The quantitative estimate of drug-likeness (QED) is 0.700. The Kier molecular flexibility index (Phi) is 2.14. The van der Waals surface area contributed by atoms with E-state index in [4.69, 9.17) is 10.2 Å². The maximum Gasteiger partial charge on any atom is 0.449 e. The van der Waals surface area contributed by atoms with Gasteiger partial charge in [-0.3, -0.25) is 0 Å². The lowest BCUT2D eigenvalue weighted by Gasteiger charge is -2.24. The third-order valence-corrected chi connectivity index (χ3v) is 2.08. The number of hydrogen-bond donors (Lipinski definition) is 2. The molecule has 2 rings (SSSR count). The van der Waals surface area contributed by atoms with Crippen molar-refractivity contribution in [1.82, 2.24) is 14.8 Å². The topological polar surface area (TPSA) is 70.7 Å². The number of alkyl halides is 3. The van der Waals surface area contributed by atoms with E-state index in [0.717, 1.165) is 6.07 Å². The van der Waals surface area contributed by atoms with Gasteiger partial charge in [-0.2, -0.15) is 13.2 Å². The van der Waals surface area contributed by atoms with E-state index in [9.17, 15) is 13.2 Å². The number of aliphatic hydroxyl groups is 2. The molecule has 16 heavy (non-hydrogen) atoms. The van der Waals surface area contributed by atoms with Crippen molar-refractivity contribution in [2.45, 2.75) is 12.0 Å². The smallest absolute Gasteiger partial charge is 0.354 e. The van der Waals surface area contributed by atoms with Crippen LogP contribution in [0.2, 0.25) is 0 Å². The Morgan fingerprint density at radius 3 is 2.50 bits per heavy atom. The number of nitrogens with zero attached hydrogens (tertiary/aromatic N) is 3. The van der Waals surface area contributed by atoms with Crippen molar-refractivity contribution in [1.29, 1.82) is 0 Å². The monoisotopic (exact) mass is 233 g/mol. The molecular formula is C8H6F3N3O2. The van der Waals surface area contributed by atoms with Gasteiger partial charge >= 0.3 is 12.0 Å². The summed E-state index contributed by atoms with van der Waals surface area (Å²) >= 11 is 0. The summed E-state index contributed by atoms with van der Waals surface area (Å²) in [6.07, 6.45) is -4.01. The second kappa shape index (κ2) is 3.16. The Balaban J connectivity index is 2.68. The fraction of sp³-hybridized carbons (Fsp3) is 0.250. The van der Waals surface area contributed by atoms with Gasteiger partial charge in [0.15, 0.2) is 0 Å². The molecule has 0 aliphatic heterocycles. The van der Waals surface area contributed by atoms with Gasteiger partial charge in [-0.05, 0) is 12.1 Å². The lowest BCUT2D eigenvalue weighted by Crippen LogP contribution is -2.43. The van der Waals surface area contributed by atoms with Gasteiger partial charge in [0.25, 0.3) is 0 Å². The van der Waals surface area contributed by atoms with Gasteiger partial charge in [0.1, 0.15) is 5.69 Å². The molecule has 0 aliphatic carbocycles. The first-order valence-corrected chi connectivity index (χ1v) is 4.15. The molecule has 2 N–H and O–H groups in total. The highest BCUT2D eigenvalue weighted by molar-refractivity contribution is 5.44. The summed E-state index contributed by atoms with van der Waals surface area (Å²) in [6.45, 7) is 0. The van der Waals surface area contributed by atoms with Crippen LogP contribution in [-0.2, 0) is 5.79 Å². The van der Waals surface area contributed by atoms with Crippen molar-refractivity contribution < 1.29 is 23.4 Å². The SMILES string of the molecule is OC(O)(c1cccc2cnnn12)C(F)(F)F. The van der Waals surface area contributed by atoms with E-state index in [0.29, 0.717) is 4.52 Å². The summed E-state index contributed by atoms with van der Waals surface area (Å²) in [4.78, 5) is 0. The summed E-state index contributed by atoms with van der Waals surface area (Å²) < 4.78 is 37.9. The highest BCUT2D eigenvalue weighted by atomic mass is 19.4. The average Bonchev–Trinajstić information content (AvgIpc) is 2.62. The molecule has 0 radical (unpaired) electrons. The lowest BCUT2D eigenvalue weighted by molar-refractivity contribution is -0.360. The summed E-state index contributed by atoms with van der Waals surface area (Å²) in [7, 11) is 0. The van der Waals surface area contributed by atoms with Crippen molar-refractivity contribution in [2.24, 2.45) is 0 Å². The van der Waals surface area contributed by atoms with Gasteiger partial charge < -0.3 is 10.2 Å². The maximum atomic E-state index is 12.4. The molecule has 0 unspecified atom stereocenters. The number of halogens is 3. The highest BCUT2D eigenvalue weighted by Crippen LogP contribution is 2.36. The van der Waals surface area contributed by atoms with Crippen LogP contribution in [0.1, 0.15) is 5.69 Å². The molecule has 0 fully saturated rings. The second-order valence-electron chi connectivity index (χ2n) is 3.15. The minimum absolute atomic E-state index is 0.231. The van der Waals surface area contributed by atoms with E-state index in [1.54, 1.807) is 0 Å². The first kappa shape index (κ1) is 10.8. The number of rotatable bonds is 1. The number of fused-ring (bicyclic) bond motifs is 1. The summed E-state index contributed by atoms with van der Waals surface area (Å²) in [6, 6.07) is 3.60. The van der Waals surface area contributed by atoms with Crippen molar-refractivity contribution in [3.05, 3.63) is 30.1 Å². The normalized spacial score (nSPS) is 13.3. The van der Waals surface area contributed by atoms with E-state index in [2.05, 4.69) is 10.3 Å². The van der Waals surface area contributed by atoms with E-state index in [1.165, 1.54) is 18.3 Å². The lowest BCUT2D eigenvalue weighted by atomic mass is 10.1. The predicted octanol–water partition coefficient (Wildman–Crippen LogP) is 0.429. The summed E-state index contributed by atoms with van der Waals surface area (Å²) in [5.74, 6) is -3.96. The molecule has 0 saturated heterocycles. The Hall–Kier alpha value is -1.67. The molecule has 0 saturated carbocycles. The first-order chi connectivity index (χ1) is 7.34. The number of hydrogen-bond acceptors (Lipinski definition) is 4. The Labute approximate surface area is 86.7 Å². The van der Waals surface area contributed by atoms with Crippen molar-refractivity contribution in [3.63, 3.8) is 0 Å². The second-order valence-corrected chi connectivity index (χ2v) is 3.15. The molecule has 5 nitrogen and oxygen atoms in total. The molecule has 0 aliphatic rings. The zero-order valence-corrected chi connectivity index (χ0v) is 7.68. The average molecular weight is 233 g/mol. The van der Waals surface area contributed by atoms with Gasteiger partial charge in [-0.15, -0.1) is 5.10 Å². The van der Waals surface area contributed by atoms with Crippen LogP contribution >= 0.6 is 0 Å². The molecule has 0 spiro atoms. The van der Waals surface area contributed by atoms with Crippen LogP contribution in [0.3, 0.4) is 0 Å². The molecule has 2 aromatic heterocycles. The first-order valence-electron chi connectivity index (χ1n) is 4.15. The Morgan fingerprint density at radius 1 is 1.19 bits per heavy atom. The number of pyridine rings is 1. The van der Waals surface area contributed by atoms with Crippen LogP contribution in [0.4, 0.5) is 13.2 Å². The van der Waals surface area contributed by atoms with Gasteiger partial charge in [-0.1, -0.05) is 11.3 Å². The third kappa shape index (κ3) is 1.42. The van der Waals surface area contributed by atoms with Gasteiger partial charge in [0, 0.05) is 0 Å². The maximum absolute atomic E-state index is 12.4. The molecule has 0 bridgehead atoms. The van der Waals surface area contributed by atoms with Gasteiger partial charge in [0.05, 0.1) is 11.7 Å². The molecule has 2 aromatic rings. The van der Waals surface area contributed by atoms with Crippen LogP contribution in [0.25, 0.3) is 5.52 Å². The minimum Gasteiger partial charge on any atom is -0.354 e. The molecule has 8 heteroatoms.